The summed E-state index contributed by atoms with van der Waals surface area (Å²) in [6.45, 7) is 6.95. The van der Waals surface area contributed by atoms with Crippen LogP contribution in [0.4, 0.5) is 0 Å². The first-order valence-corrected chi connectivity index (χ1v) is 8.37. The monoisotopic (exact) mass is 317 g/mol. The summed E-state index contributed by atoms with van der Waals surface area (Å²) in [6.07, 6.45) is 1.62. The third kappa shape index (κ3) is 4.94. The van der Waals surface area contributed by atoms with E-state index in [2.05, 4.69) is 4.90 Å². The quantitative estimate of drug-likeness (QED) is 0.768. The van der Waals surface area contributed by atoms with E-state index in [9.17, 15) is 9.59 Å². The van der Waals surface area contributed by atoms with E-state index in [-0.39, 0.29) is 17.7 Å². The Labute approximate surface area is 130 Å². The molecule has 0 bridgehead atoms. The molecule has 5 nitrogen and oxygen atoms in total. The minimum absolute atomic E-state index is 0.0375. The van der Waals surface area contributed by atoms with Gasteiger partial charge in [0.1, 0.15) is 4.32 Å². The minimum Gasteiger partial charge on any atom is -0.369 e. The second-order valence-electron chi connectivity index (χ2n) is 4.81. The number of primary amides is 1. The summed E-state index contributed by atoms with van der Waals surface area (Å²) < 4.78 is 0.756. The van der Waals surface area contributed by atoms with Crippen LogP contribution in [0.15, 0.2) is 0 Å². The molecule has 1 fully saturated rings. The molecule has 2 amide bonds. The molecule has 0 aliphatic carbocycles. The highest BCUT2D eigenvalue weighted by atomic mass is 32.2. The minimum atomic E-state index is -0.311. The summed E-state index contributed by atoms with van der Waals surface area (Å²) in [7, 11) is 0. The zero-order valence-electron chi connectivity index (χ0n) is 12.1. The van der Waals surface area contributed by atoms with Crippen molar-refractivity contribution in [2.45, 2.75) is 26.7 Å². The largest absolute Gasteiger partial charge is 0.369 e. The van der Waals surface area contributed by atoms with Crippen molar-refractivity contribution in [2.24, 2.45) is 11.7 Å². The third-order valence-electron chi connectivity index (χ3n) is 3.52. The predicted octanol–water partition coefficient (Wildman–Crippen LogP) is 1.07. The Bertz CT molecular complexity index is 373. The molecule has 7 heteroatoms. The van der Waals surface area contributed by atoms with E-state index in [1.54, 1.807) is 4.90 Å². The molecule has 0 aromatic heterocycles. The Hall–Kier alpha value is -0.820. The van der Waals surface area contributed by atoms with Crippen molar-refractivity contribution in [3.05, 3.63) is 0 Å². The number of piperidine rings is 1. The van der Waals surface area contributed by atoms with Crippen molar-refractivity contribution in [1.82, 2.24) is 9.80 Å². The second kappa shape index (κ2) is 8.46. The maximum Gasteiger partial charge on any atom is 0.233 e. The first-order chi connectivity index (χ1) is 9.49. The van der Waals surface area contributed by atoms with E-state index >= 15 is 0 Å². The highest BCUT2D eigenvalue weighted by Crippen LogP contribution is 2.18. The van der Waals surface area contributed by atoms with Gasteiger partial charge in [0.15, 0.2) is 0 Å². The van der Waals surface area contributed by atoms with E-state index < -0.39 is 0 Å². The van der Waals surface area contributed by atoms with E-state index in [4.69, 9.17) is 18.0 Å². The molecule has 1 heterocycles. The number of hydrogen-bond acceptors (Lipinski definition) is 4. The van der Waals surface area contributed by atoms with Crippen LogP contribution in [0.1, 0.15) is 26.7 Å². The number of thioether (sulfide) groups is 1. The van der Waals surface area contributed by atoms with Gasteiger partial charge < -0.3 is 15.5 Å². The highest BCUT2D eigenvalue weighted by Gasteiger charge is 2.27. The molecule has 1 aliphatic heterocycles. The number of nitrogens with zero attached hydrogens (tertiary/aromatic N) is 2. The lowest BCUT2D eigenvalue weighted by Crippen LogP contribution is -2.45. The Morgan fingerprint density at radius 1 is 1.40 bits per heavy atom. The van der Waals surface area contributed by atoms with Gasteiger partial charge in [0.05, 0.1) is 11.7 Å². The fraction of sp³-hybridized carbons (Fsp3) is 0.769. The number of thiocarbonyl (C=S) groups is 1. The molecule has 114 valence electrons. The maximum atomic E-state index is 12.1. The molecular weight excluding hydrogens is 294 g/mol. The van der Waals surface area contributed by atoms with Gasteiger partial charge in [-0.05, 0) is 26.7 Å². The molecule has 1 saturated heterocycles. The zero-order chi connectivity index (χ0) is 15.1. The van der Waals surface area contributed by atoms with Gasteiger partial charge in [0.25, 0.3) is 0 Å². The molecule has 20 heavy (non-hydrogen) atoms. The van der Waals surface area contributed by atoms with Crippen LogP contribution in [-0.2, 0) is 9.59 Å². The van der Waals surface area contributed by atoms with Crippen LogP contribution >= 0.6 is 24.0 Å². The van der Waals surface area contributed by atoms with Gasteiger partial charge in [0, 0.05) is 26.2 Å². The lowest BCUT2D eigenvalue weighted by atomic mass is 9.97. The fourth-order valence-electron chi connectivity index (χ4n) is 2.22. The smallest absolute Gasteiger partial charge is 0.233 e. The zero-order valence-corrected chi connectivity index (χ0v) is 13.8. The molecule has 0 saturated carbocycles. The lowest BCUT2D eigenvalue weighted by Gasteiger charge is -2.31. The lowest BCUT2D eigenvalue weighted by molar-refractivity contribution is -0.132. The molecule has 1 aliphatic rings. The summed E-state index contributed by atoms with van der Waals surface area (Å²) >= 11 is 6.70. The Morgan fingerprint density at radius 3 is 2.60 bits per heavy atom. The maximum absolute atomic E-state index is 12.1. The van der Waals surface area contributed by atoms with Crippen molar-refractivity contribution >= 4 is 40.1 Å². The van der Waals surface area contributed by atoms with Gasteiger partial charge in [-0.1, -0.05) is 24.0 Å². The molecule has 0 spiro atoms. The van der Waals surface area contributed by atoms with Gasteiger partial charge in [-0.2, -0.15) is 0 Å². The number of hydrogen-bond donors (Lipinski definition) is 1. The van der Waals surface area contributed by atoms with Gasteiger partial charge in [-0.3, -0.25) is 9.59 Å². The highest BCUT2D eigenvalue weighted by molar-refractivity contribution is 8.23. The van der Waals surface area contributed by atoms with Crippen LogP contribution in [0.2, 0.25) is 0 Å². The Kier molecular flexibility index (Phi) is 7.29. The van der Waals surface area contributed by atoms with Gasteiger partial charge in [-0.25, -0.2) is 0 Å². The Balaban J connectivity index is 2.42. The molecule has 1 atom stereocenters. The predicted molar refractivity (Wildman–Crippen MR) is 86.5 cm³/mol. The van der Waals surface area contributed by atoms with Crippen LogP contribution in [0.25, 0.3) is 0 Å². The van der Waals surface area contributed by atoms with Gasteiger partial charge in [0.2, 0.25) is 11.8 Å². The average Bonchev–Trinajstić information content (AvgIpc) is 2.46. The standard InChI is InChI=1S/C13H23N3O2S2/c1-3-15(4-2)13(19)20-9-11(17)16-7-5-6-10(8-16)12(14)18/h10H,3-9H2,1-2H3,(H2,14,18)/t10-/m0/s1. The van der Waals surface area contributed by atoms with E-state index in [0.29, 0.717) is 18.8 Å². The summed E-state index contributed by atoms with van der Waals surface area (Å²) in [5, 5.41) is 0. The number of rotatable bonds is 5. The first kappa shape index (κ1) is 17.2. The normalized spacial score (nSPS) is 18.7. The molecule has 2 N–H and O–H groups in total. The molecule has 0 aromatic rings. The van der Waals surface area contributed by atoms with Gasteiger partial charge in [-0.15, -0.1) is 0 Å². The second-order valence-corrected chi connectivity index (χ2v) is 6.42. The van der Waals surface area contributed by atoms with E-state index in [1.165, 1.54) is 11.8 Å². The number of nitrogens with two attached hydrogens (primary N) is 1. The average molecular weight is 317 g/mol. The summed E-state index contributed by atoms with van der Waals surface area (Å²) in [6, 6.07) is 0. The molecular formula is C13H23N3O2S2. The summed E-state index contributed by atoms with van der Waals surface area (Å²) in [4.78, 5) is 27.1. The van der Waals surface area contributed by atoms with Crippen molar-refractivity contribution in [2.75, 3.05) is 31.9 Å². The van der Waals surface area contributed by atoms with Crippen molar-refractivity contribution in [3.63, 3.8) is 0 Å². The number of amides is 2. The van der Waals surface area contributed by atoms with Crippen LogP contribution in [0.5, 0.6) is 0 Å². The SMILES string of the molecule is CCN(CC)C(=S)SCC(=O)N1CCC[C@H](C(N)=O)C1. The van der Waals surface area contributed by atoms with Crippen LogP contribution in [-0.4, -0.2) is 57.9 Å². The molecule has 1 rings (SSSR count). The number of carbonyl (C=O) groups is 2. The van der Waals surface area contributed by atoms with Crippen molar-refractivity contribution in [3.8, 4) is 0 Å². The van der Waals surface area contributed by atoms with E-state index in [0.717, 1.165) is 30.3 Å². The Morgan fingerprint density at radius 2 is 2.05 bits per heavy atom. The summed E-state index contributed by atoms with van der Waals surface area (Å²) in [5.74, 6) is -0.141. The fourth-order valence-corrected chi connectivity index (χ4v) is 3.53. The summed E-state index contributed by atoms with van der Waals surface area (Å²) in [5.41, 5.74) is 5.32. The molecule has 0 radical (unpaired) electrons. The van der Waals surface area contributed by atoms with Gasteiger partial charge >= 0.3 is 0 Å². The number of carbonyl (C=O) groups excluding carboxylic acids is 2. The van der Waals surface area contributed by atoms with E-state index in [1.807, 2.05) is 13.8 Å². The van der Waals surface area contributed by atoms with Crippen molar-refractivity contribution < 1.29 is 9.59 Å². The van der Waals surface area contributed by atoms with Crippen LogP contribution in [0, 0.1) is 5.92 Å². The first-order valence-electron chi connectivity index (χ1n) is 6.98. The topological polar surface area (TPSA) is 66.6 Å². The molecule has 0 aromatic carbocycles. The number of likely N-dealkylation sites (tertiary alicyclic amines) is 1. The van der Waals surface area contributed by atoms with Crippen LogP contribution in [0.3, 0.4) is 0 Å². The third-order valence-corrected chi connectivity index (χ3v) is 5.03. The van der Waals surface area contributed by atoms with Crippen molar-refractivity contribution in [1.29, 1.82) is 0 Å². The van der Waals surface area contributed by atoms with Crippen LogP contribution < -0.4 is 5.73 Å². The molecule has 0 unspecified atom stereocenters.